The van der Waals surface area contributed by atoms with Crippen LogP contribution in [0.25, 0.3) is 0 Å². The van der Waals surface area contributed by atoms with E-state index in [1.165, 1.54) is 0 Å². The third kappa shape index (κ3) is 3.63. The fourth-order valence-electron chi connectivity index (χ4n) is 5.83. The maximum atomic E-state index is 13.0. The average Bonchev–Trinajstić information content (AvgIpc) is 2.53. The number of carbonyl (C=O) groups is 2. The zero-order valence-corrected chi connectivity index (χ0v) is 16.4. The summed E-state index contributed by atoms with van der Waals surface area (Å²) in [6.07, 6.45) is 3.79. The smallest absolute Gasteiger partial charge is 0.314 e. The second-order valence-corrected chi connectivity index (χ2v) is 8.38. The van der Waals surface area contributed by atoms with Crippen LogP contribution in [0.5, 0.6) is 0 Å². The SMILES string of the molecule is CCOC(C)OC(=O)C12CC3CC(C1)CC(C(=O)OC(C)OCC)(C3)C2. The van der Waals surface area contributed by atoms with Crippen LogP contribution in [-0.2, 0) is 28.5 Å². The van der Waals surface area contributed by atoms with Crippen molar-refractivity contribution in [2.24, 2.45) is 22.7 Å². The summed E-state index contributed by atoms with van der Waals surface area (Å²) >= 11 is 0. The molecule has 0 radical (unpaired) electrons. The first-order valence-corrected chi connectivity index (χ1v) is 9.98. The number of esters is 2. The van der Waals surface area contributed by atoms with Crippen LogP contribution in [0.15, 0.2) is 0 Å². The van der Waals surface area contributed by atoms with Gasteiger partial charge in [0, 0.05) is 13.2 Å². The third-order valence-electron chi connectivity index (χ3n) is 6.28. The van der Waals surface area contributed by atoms with Gasteiger partial charge in [-0.25, -0.2) is 0 Å². The average molecular weight is 368 g/mol. The molecule has 0 heterocycles. The van der Waals surface area contributed by atoms with Crippen molar-refractivity contribution in [3.05, 3.63) is 0 Å². The molecule has 4 fully saturated rings. The molecule has 4 saturated carbocycles. The highest BCUT2D eigenvalue weighted by atomic mass is 16.7. The van der Waals surface area contributed by atoms with E-state index in [0.29, 0.717) is 31.5 Å². The molecule has 6 nitrogen and oxygen atoms in total. The molecule has 26 heavy (non-hydrogen) atoms. The number of rotatable bonds is 8. The Bertz CT molecular complexity index is 486. The largest absolute Gasteiger partial charge is 0.436 e. The van der Waals surface area contributed by atoms with Gasteiger partial charge in [-0.1, -0.05) is 0 Å². The Labute approximate surface area is 155 Å². The monoisotopic (exact) mass is 368 g/mol. The summed E-state index contributed by atoms with van der Waals surface area (Å²) in [6, 6.07) is 0. The van der Waals surface area contributed by atoms with Gasteiger partial charge < -0.3 is 18.9 Å². The van der Waals surface area contributed by atoms with Gasteiger partial charge in [0.05, 0.1) is 10.8 Å². The molecule has 4 rings (SSSR count). The van der Waals surface area contributed by atoms with E-state index >= 15 is 0 Å². The first-order chi connectivity index (χ1) is 12.3. The summed E-state index contributed by atoms with van der Waals surface area (Å²) in [4.78, 5) is 26.0. The van der Waals surface area contributed by atoms with Crippen molar-refractivity contribution in [1.29, 1.82) is 0 Å². The Morgan fingerprint density at radius 1 is 0.846 bits per heavy atom. The van der Waals surface area contributed by atoms with Gasteiger partial charge in [-0.05, 0) is 78.1 Å². The lowest BCUT2D eigenvalue weighted by atomic mass is 9.44. The second-order valence-electron chi connectivity index (χ2n) is 8.38. The quantitative estimate of drug-likeness (QED) is 0.483. The predicted molar refractivity (Wildman–Crippen MR) is 93.9 cm³/mol. The van der Waals surface area contributed by atoms with E-state index < -0.39 is 23.4 Å². The van der Waals surface area contributed by atoms with Crippen LogP contribution in [0, 0.1) is 22.7 Å². The molecule has 0 aromatic heterocycles. The molecule has 148 valence electrons. The highest BCUT2D eigenvalue weighted by Gasteiger charge is 2.64. The van der Waals surface area contributed by atoms with Gasteiger partial charge in [-0.2, -0.15) is 0 Å². The van der Waals surface area contributed by atoms with E-state index in [-0.39, 0.29) is 11.9 Å². The van der Waals surface area contributed by atoms with E-state index in [4.69, 9.17) is 18.9 Å². The summed E-state index contributed by atoms with van der Waals surface area (Å²) in [5.41, 5.74) is -1.13. The molecule has 6 heteroatoms. The molecule has 2 unspecified atom stereocenters. The van der Waals surface area contributed by atoms with Crippen molar-refractivity contribution >= 4 is 11.9 Å². The van der Waals surface area contributed by atoms with Crippen molar-refractivity contribution in [3.63, 3.8) is 0 Å². The minimum Gasteiger partial charge on any atom is -0.436 e. The number of carbonyl (C=O) groups excluding carboxylic acids is 2. The molecule has 0 amide bonds. The minimum absolute atomic E-state index is 0.206. The molecule has 4 bridgehead atoms. The topological polar surface area (TPSA) is 71.1 Å². The lowest BCUT2D eigenvalue weighted by molar-refractivity contribution is -0.218. The highest BCUT2D eigenvalue weighted by molar-refractivity contribution is 5.83. The molecule has 4 aliphatic rings. The van der Waals surface area contributed by atoms with Gasteiger partial charge >= 0.3 is 11.9 Å². The molecule has 0 aliphatic heterocycles. The summed E-state index contributed by atoms with van der Waals surface area (Å²) in [5, 5.41) is 0. The van der Waals surface area contributed by atoms with Gasteiger partial charge in [0.2, 0.25) is 0 Å². The molecule has 0 N–H and O–H groups in total. The third-order valence-corrected chi connectivity index (χ3v) is 6.28. The van der Waals surface area contributed by atoms with Gasteiger partial charge in [-0.15, -0.1) is 0 Å². The molecule has 0 aromatic rings. The molecule has 4 aliphatic carbocycles. The fraction of sp³-hybridized carbons (Fsp3) is 0.900. The fourth-order valence-corrected chi connectivity index (χ4v) is 5.83. The summed E-state index contributed by atoms with van der Waals surface area (Å²) in [5.74, 6) is 0.368. The van der Waals surface area contributed by atoms with Crippen LogP contribution in [-0.4, -0.2) is 37.7 Å². The molecule has 0 saturated heterocycles. The van der Waals surface area contributed by atoms with E-state index in [9.17, 15) is 9.59 Å². The molecular formula is C20H32O6. The van der Waals surface area contributed by atoms with Crippen LogP contribution >= 0.6 is 0 Å². The van der Waals surface area contributed by atoms with Crippen LogP contribution in [0.4, 0.5) is 0 Å². The number of hydrogen-bond donors (Lipinski definition) is 0. The number of ether oxygens (including phenoxy) is 4. The lowest BCUT2D eigenvalue weighted by Crippen LogP contribution is -2.58. The molecular weight excluding hydrogens is 336 g/mol. The zero-order chi connectivity index (χ0) is 18.9. The van der Waals surface area contributed by atoms with Crippen LogP contribution < -0.4 is 0 Å². The van der Waals surface area contributed by atoms with Crippen molar-refractivity contribution in [2.75, 3.05) is 13.2 Å². The first-order valence-electron chi connectivity index (χ1n) is 9.98. The summed E-state index contributed by atoms with van der Waals surface area (Å²) < 4.78 is 21.9. The Morgan fingerprint density at radius 3 is 1.58 bits per heavy atom. The van der Waals surface area contributed by atoms with Crippen LogP contribution in [0.3, 0.4) is 0 Å². The maximum Gasteiger partial charge on any atom is 0.314 e. The molecule has 0 aromatic carbocycles. The minimum atomic E-state index is -0.566. The molecule has 0 spiro atoms. The van der Waals surface area contributed by atoms with Crippen LogP contribution in [0.1, 0.15) is 66.2 Å². The van der Waals surface area contributed by atoms with Crippen molar-refractivity contribution in [1.82, 2.24) is 0 Å². The van der Waals surface area contributed by atoms with E-state index in [0.717, 1.165) is 32.1 Å². The number of hydrogen-bond acceptors (Lipinski definition) is 6. The normalized spacial score (nSPS) is 37.2. The van der Waals surface area contributed by atoms with Crippen LogP contribution in [0.2, 0.25) is 0 Å². The summed E-state index contributed by atoms with van der Waals surface area (Å²) in [7, 11) is 0. The van der Waals surface area contributed by atoms with E-state index in [2.05, 4.69) is 0 Å². The maximum absolute atomic E-state index is 13.0. The standard InChI is InChI=1S/C20H32O6/c1-5-23-13(3)25-17(21)19-8-15-7-16(9-19)11-20(10-15,12-19)18(22)26-14(4)24-6-2/h13-16H,5-12H2,1-4H3. The van der Waals surface area contributed by atoms with E-state index in [1.807, 2.05) is 13.8 Å². The van der Waals surface area contributed by atoms with Crippen molar-refractivity contribution < 1.29 is 28.5 Å². The first kappa shape index (κ1) is 19.6. The predicted octanol–water partition coefficient (Wildman–Crippen LogP) is 3.42. The van der Waals surface area contributed by atoms with Gasteiger partial charge in [-0.3, -0.25) is 9.59 Å². The Hall–Kier alpha value is -1.14. The van der Waals surface area contributed by atoms with E-state index in [1.54, 1.807) is 13.8 Å². The summed E-state index contributed by atoms with van der Waals surface area (Å²) in [6.45, 7) is 8.24. The highest BCUT2D eigenvalue weighted by Crippen LogP contribution is 2.66. The molecule has 2 atom stereocenters. The second kappa shape index (κ2) is 7.47. The van der Waals surface area contributed by atoms with Crippen molar-refractivity contribution in [2.45, 2.75) is 78.8 Å². The Kier molecular flexibility index (Phi) is 5.63. The lowest BCUT2D eigenvalue weighted by Gasteiger charge is -2.59. The Balaban J connectivity index is 1.76. The van der Waals surface area contributed by atoms with Gasteiger partial charge in [0.15, 0.2) is 12.6 Å². The van der Waals surface area contributed by atoms with Crippen molar-refractivity contribution in [3.8, 4) is 0 Å². The van der Waals surface area contributed by atoms with Gasteiger partial charge in [0.1, 0.15) is 0 Å². The zero-order valence-electron chi connectivity index (χ0n) is 16.4. The van der Waals surface area contributed by atoms with Gasteiger partial charge in [0.25, 0.3) is 0 Å². The Morgan fingerprint density at radius 2 is 1.23 bits per heavy atom.